The molecular weight excluding hydrogens is 322 g/mol. The van der Waals surface area contributed by atoms with Crippen molar-refractivity contribution in [3.63, 3.8) is 0 Å². The molecule has 0 radical (unpaired) electrons. The maximum Gasteiger partial charge on any atom is 0.374 e. The highest BCUT2D eigenvalue weighted by atomic mass is 16.5. The first-order valence-corrected chi connectivity index (χ1v) is 8.47. The third kappa shape index (κ3) is 5.08. The second-order valence-electron chi connectivity index (χ2n) is 5.88. The predicted molar refractivity (Wildman–Crippen MR) is 91.8 cm³/mol. The molecule has 1 aromatic carbocycles. The van der Waals surface area contributed by atoms with Crippen LogP contribution in [0.5, 0.6) is 5.75 Å². The Bertz CT molecular complexity index is 676. The van der Waals surface area contributed by atoms with Gasteiger partial charge in [-0.3, -0.25) is 4.90 Å². The van der Waals surface area contributed by atoms with E-state index in [1.807, 2.05) is 37.3 Å². The molecule has 0 bridgehead atoms. The summed E-state index contributed by atoms with van der Waals surface area (Å²) in [5, 5.41) is 0. The van der Waals surface area contributed by atoms with Gasteiger partial charge >= 0.3 is 5.97 Å². The van der Waals surface area contributed by atoms with E-state index in [1.54, 1.807) is 6.07 Å². The number of furan rings is 1. The van der Waals surface area contributed by atoms with E-state index in [1.165, 1.54) is 0 Å². The van der Waals surface area contributed by atoms with Crippen LogP contribution < -0.4 is 4.74 Å². The van der Waals surface area contributed by atoms with Crippen LogP contribution in [-0.2, 0) is 16.1 Å². The van der Waals surface area contributed by atoms with Crippen molar-refractivity contribution < 1.29 is 23.4 Å². The van der Waals surface area contributed by atoms with Crippen LogP contribution in [0.3, 0.4) is 0 Å². The first-order valence-electron chi connectivity index (χ1n) is 8.47. The van der Waals surface area contributed by atoms with E-state index in [9.17, 15) is 4.79 Å². The molecule has 0 amide bonds. The fourth-order valence-electron chi connectivity index (χ4n) is 2.60. The van der Waals surface area contributed by atoms with Gasteiger partial charge in [-0.05, 0) is 25.1 Å². The number of carbonyl (C=O) groups is 1. The van der Waals surface area contributed by atoms with Crippen molar-refractivity contribution in [3.05, 3.63) is 53.5 Å². The van der Waals surface area contributed by atoms with Crippen LogP contribution in [0.1, 0.15) is 21.9 Å². The highest BCUT2D eigenvalue weighted by Gasteiger charge is 2.17. The minimum atomic E-state index is -0.442. The molecule has 1 aliphatic heterocycles. The first kappa shape index (κ1) is 17.5. The van der Waals surface area contributed by atoms with E-state index in [0.717, 1.165) is 37.6 Å². The smallest absolute Gasteiger partial charge is 0.374 e. The number of ether oxygens (including phenoxy) is 3. The summed E-state index contributed by atoms with van der Waals surface area (Å²) in [5.74, 6) is 1.21. The highest BCUT2D eigenvalue weighted by molar-refractivity contribution is 5.86. The number of aryl methyl sites for hydroxylation is 1. The summed E-state index contributed by atoms with van der Waals surface area (Å²) in [6, 6.07) is 11.2. The lowest BCUT2D eigenvalue weighted by molar-refractivity contribution is 0.0181. The summed E-state index contributed by atoms with van der Waals surface area (Å²) in [4.78, 5) is 14.3. The maximum atomic E-state index is 12.1. The standard InChI is InChI=1S/C19H23NO5/c1-15-16(14-24-17-5-3-2-4-6-17)13-18(25-15)19(21)23-12-9-20-7-10-22-11-8-20/h2-6,13H,7-12,14H2,1H3. The maximum absolute atomic E-state index is 12.1. The Morgan fingerprint density at radius 3 is 2.72 bits per heavy atom. The summed E-state index contributed by atoms with van der Waals surface area (Å²) in [7, 11) is 0. The highest BCUT2D eigenvalue weighted by Crippen LogP contribution is 2.18. The molecule has 2 aromatic rings. The zero-order valence-corrected chi connectivity index (χ0v) is 14.4. The number of benzene rings is 1. The van der Waals surface area contributed by atoms with Gasteiger partial charge in [0.2, 0.25) is 5.76 Å². The summed E-state index contributed by atoms with van der Waals surface area (Å²) in [6.07, 6.45) is 0. The second-order valence-corrected chi connectivity index (χ2v) is 5.88. The molecule has 0 aliphatic carbocycles. The van der Waals surface area contributed by atoms with Crippen LogP contribution in [0.4, 0.5) is 0 Å². The zero-order valence-electron chi connectivity index (χ0n) is 14.4. The van der Waals surface area contributed by atoms with Crippen LogP contribution >= 0.6 is 0 Å². The molecule has 3 rings (SSSR count). The summed E-state index contributed by atoms with van der Waals surface area (Å²) in [5.41, 5.74) is 0.837. The molecule has 6 nitrogen and oxygen atoms in total. The monoisotopic (exact) mass is 345 g/mol. The Kier molecular flexibility index (Phi) is 6.09. The van der Waals surface area contributed by atoms with E-state index in [0.29, 0.717) is 25.5 Å². The van der Waals surface area contributed by atoms with Gasteiger partial charge in [0.1, 0.15) is 24.7 Å². The van der Waals surface area contributed by atoms with Gasteiger partial charge in [-0.25, -0.2) is 4.79 Å². The Labute approximate surface area is 147 Å². The van der Waals surface area contributed by atoms with Gasteiger partial charge in [0, 0.05) is 25.2 Å². The minimum Gasteiger partial charge on any atom is -0.489 e. The number of rotatable bonds is 7. The van der Waals surface area contributed by atoms with Crippen LogP contribution in [0, 0.1) is 6.92 Å². The van der Waals surface area contributed by atoms with Crippen molar-refractivity contribution in [3.8, 4) is 5.75 Å². The van der Waals surface area contributed by atoms with E-state index >= 15 is 0 Å². The van der Waals surface area contributed by atoms with Gasteiger partial charge in [-0.1, -0.05) is 18.2 Å². The number of hydrogen-bond acceptors (Lipinski definition) is 6. The van der Waals surface area contributed by atoms with Crippen molar-refractivity contribution in [2.45, 2.75) is 13.5 Å². The predicted octanol–water partition coefficient (Wildman–Crippen LogP) is 2.66. The van der Waals surface area contributed by atoms with Gasteiger partial charge in [0.05, 0.1) is 13.2 Å². The average molecular weight is 345 g/mol. The molecule has 6 heteroatoms. The number of hydrogen-bond donors (Lipinski definition) is 0. The molecule has 1 aromatic heterocycles. The van der Waals surface area contributed by atoms with Crippen LogP contribution in [0.25, 0.3) is 0 Å². The average Bonchev–Trinajstić information content (AvgIpc) is 3.02. The molecule has 2 heterocycles. The molecule has 0 unspecified atom stereocenters. The normalized spacial score (nSPS) is 15.1. The Morgan fingerprint density at radius 2 is 1.96 bits per heavy atom. The minimum absolute atomic E-state index is 0.214. The van der Waals surface area contributed by atoms with E-state index in [2.05, 4.69) is 4.90 Å². The van der Waals surface area contributed by atoms with Crippen molar-refractivity contribution in [1.82, 2.24) is 4.90 Å². The van der Waals surface area contributed by atoms with E-state index in [4.69, 9.17) is 18.6 Å². The van der Waals surface area contributed by atoms with Gasteiger partial charge in [0.25, 0.3) is 0 Å². The largest absolute Gasteiger partial charge is 0.489 e. The van der Waals surface area contributed by atoms with Crippen molar-refractivity contribution >= 4 is 5.97 Å². The molecule has 1 fully saturated rings. The van der Waals surface area contributed by atoms with Gasteiger partial charge in [-0.15, -0.1) is 0 Å². The summed E-state index contributed by atoms with van der Waals surface area (Å²) < 4.78 is 21.8. The molecule has 1 saturated heterocycles. The molecule has 25 heavy (non-hydrogen) atoms. The Morgan fingerprint density at radius 1 is 1.20 bits per heavy atom. The lowest BCUT2D eigenvalue weighted by Crippen LogP contribution is -2.38. The SMILES string of the molecule is Cc1oc(C(=O)OCCN2CCOCC2)cc1COc1ccccc1. The van der Waals surface area contributed by atoms with Crippen molar-refractivity contribution in [1.29, 1.82) is 0 Å². The van der Waals surface area contributed by atoms with Crippen molar-refractivity contribution in [2.75, 3.05) is 39.5 Å². The number of nitrogens with zero attached hydrogens (tertiary/aromatic N) is 1. The molecule has 0 N–H and O–H groups in total. The fraction of sp³-hybridized carbons (Fsp3) is 0.421. The molecular formula is C19H23NO5. The second kappa shape index (κ2) is 8.69. The molecule has 134 valence electrons. The van der Waals surface area contributed by atoms with Crippen LogP contribution in [0.15, 0.2) is 40.8 Å². The molecule has 1 aliphatic rings. The lowest BCUT2D eigenvalue weighted by Gasteiger charge is -2.25. The summed E-state index contributed by atoms with van der Waals surface area (Å²) >= 11 is 0. The van der Waals surface area contributed by atoms with E-state index in [-0.39, 0.29) is 5.76 Å². The number of esters is 1. The van der Waals surface area contributed by atoms with Gasteiger partial charge in [0.15, 0.2) is 0 Å². The fourth-order valence-corrected chi connectivity index (χ4v) is 2.60. The third-order valence-electron chi connectivity index (χ3n) is 4.10. The number of para-hydroxylation sites is 1. The van der Waals surface area contributed by atoms with Gasteiger partial charge in [-0.2, -0.15) is 0 Å². The molecule has 0 spiro atoms. The molecule has 0 saturated carbocycles. The van der Waals surface area contributed by atoms with Crippen molar-refractivity contribution in [2.24, 2.45) is 0 Å². The van der Waals surface area contributed by atoms with Gasteiger partial charge < -0.3 is 18.6 Å². The van der Waals surface area contributed by atoms with Crippen LogP contribution in [-0.4, -0.2) is 50.3 Å². The number of morpholine rings is 1. The summed E-state index contributed by atoms with van der Waals surface area (Å²) in [6.45, 7) is 6.42. The Hall–Kier alpha value is -2.31. The quantitative estimate of drug-likeness (QED) is 0.719. The number of carbonyl (C=O) groups excluding carboxylic acids is 1. The van der Waals surface area contributed by atoms with E-state index < -0.39 is 5.97 Å². The zero-order chi connectivity index (χ0) is 17.5. The lowest BCUT2D eigenvalue weighted by atomic mass is 10.2. The first-order chi connectivity index (χ1) is 12.2. The Balaban J connectivity index is 1.47. The third-order valence-corrected chi connectivity index (χ3v) is 4.10. The molecule has 0 atom stereocenters. The topological polar surface area (TPSA) is 61.1 Å². The van der Waals surface area contributed by atoms with Crippen LogP contribution in [0.2, 0.25) is 0 Å².